The molecule has 0 saturated heterocycles. The zero-order valence-corrected chi connectivity index (χ0v) is 57.8. The summed E-state index contributed by atoms with van der Waals surface area (Å²) in [5.41, 5.74) is 5.82. The van der Waals surface area contributed by atoms with E-state index in [2.05, 4.69) is 57.3 Å². The van der Waals surface area contributed by atoms with Gasteiger partial charge in [-0.1, -0.05) is 79.4 Å². The van der Waals surface area contributed by atoms with Gasteiger partial charge in [-0.25, -0.2) is 14.4 Å². The molecule has 522 valence electrons. The highest BCUT2D eigenvalue weighted by atomic mass is 16.6. The number of amides is 9. The van der Waals surface area contributed by atoms with Gasteiger partial charge in [0.1, 0.15) is 18.3 Å². The SMILES string of the molecule is CCC.CCC1CN(C(=O)c2cc3cc(C(C)=O)ccc3[nH]2)c2cc(OC(=O)N(C)CC)c3[nH]c(C)c(C(=O)OC)c3c21.CCCCCC(NC(=O)[C@@H](NCCNC(=O)CCOCCNC(=O)CCN1C(=O)C=CC1=O)C(C)C)C(=O)Nc1ccc(COC(=O)N(C)CC)cc1. The second kappa shape index (κ2) is 38.2. The number of Topliss-reactive ketones (excluding diaryl/α,β-unsaturated/α-hetero) is 1. The van der Waals surface area contributed by atoms with Crippen molar-refractivity contribution >= 4 is 98.5 Å². The number of aryl methyl sites for hydroxylation is 1. The molecule has 26 nitrogen and oxygen atoms in total. The van der Waals surface area contributed by atoms with Crippen molar-refractivity contribution < 1.29 is 71.7 Å². The van der Waals surface area contributed by atoms with E-state index in [4.69, 9.17) is 18.9 Å². The van der Waals surface area contributed by atoms with E-state index in [1.165, 1.54) is 42.4 Å². The van der Waals surface area contributed by atoms with Crippen molar-refractivity contribution in [2.45, 2.75) is 145 Å². The number of ketones is 1. The summed E-state index contributed by atoms with van der Waals surface area (Å²) in [5.74, 6) is -2.87. The fourth-order valence-electron chi connectivity index (χ4n) is 10.5. The summed E-state index contributed by atoms with van der Waals surface area (Å²) in [5, 5.41) is 15.8. The molecule has 4 heterocycles. The molecule has 0 spiro atoms. The fraction of sp³-hybridized carbons (Fsp3) is 0.500. The second-order valence-electron chi connectivity index (χ2n) is 23.8. The van der Waals surface area contributed by atoms with E-state index in [9.17, 15) is 52.7 Å². The first-order valence-corrected chi connectivity index (χ1v) is 33.0. The van der Waals surface area contributed by atoms with E-state index in [1.807, 2.05) is 34.6 Å². The number of H-pyrrole nitrogens is 2. The number of esters is 1. The number of anilines is 2. The Hall–Kier alpha value is -9.43. The molecule has 7 N–H and O–H groups in total. The summed E-state index contributed by atoms with van der Waals surface area (Å²) in [6.07, 6.45) is 6.52. The van der Waals surface area contributed by atoms with Crippen LogP contribution in [0.25, 0.3) is 21.8 Å². The minimum atomic E-state index is -0.751. The number of hydrogen-bond donors (Lipinski definition) is 7. The summed E-state index contributed by atoms with van der Waals surface area (Å²) >= 11 is 0. The van der Waals surface area contributed by atoms with Crippen LogP contribution in [0.4, 0.5) is 21.0 Å². The van der Waals surface area contributed by atoms with Gasteiger partial charge in [-0.2, -0.15) is 0 Å². The number of rotatable bonds is 31. The normalized spacial score (nSPS) is 13.6. The van der Waals surface area contributed by atoms with Gasteiger partial charge in [0.15, 0.2) is 11.5 Å². The molecule has 7 rings (SSSR count). The van der Waals surface area contributed by atoms with Gasteiger partial charge >= 0.3 is 18.2 Å². The van der Waals surface area contributed by atoms with Gasteiger partial charge in [0, 0.05) is 130 Å². The number of aromatic nitrogens is 2. The lowest BCUT2D eigenvalue weighted by atomic mass is 9.93. The predicted octanol–water partition coefficient (Wildman–Crippen LogP) is 8.81. The smallest absolute Gasteiger partial charge is 0.415 e. The Morgan fingerprint density at radius 3 is 2.04 bits per heavy atom. The van der Waals surface area contributed by atoms with Gasteiger partial charge in [0.25, 0.3) is 17.7 Å². The minimum absolute atomic E-state index is 0.00292. The molecule has 3 atom stereocenters. The molecular weight excluding hydrogens is 1230 g/mol. The topological polar surface area (TPSA) is 329 Å². The van der Waals surface area contributed by atoms with Gasteiger partial charge in [-0.05, 0) is 94.0 Å². The average molecular weight is 1330 g/mol. The number of benzene rings is 3. The first kappa shape index (κ1) is 77.3. The fourth-order valence-corrected chi connectivity index (χ4v) is 10.5. The van der Waals surface area contributed by atoms with Crippen molar-refractivity contribution in [3.8, 4) is 5.75 Å². The number of aromatic amines is 2. The van der Waals surface area contributed by atoms with Gasteiger partial charge in [-0.3, -0.25) is 43.3 Å². The zero-order valence-electron chi connectivity index (χ0n) is 57.8. The number of fused-ring (bicyclic) bond motifs is 4. The highest BCUT2D eigenvalue weighted by Crippen LogP contribution is 2.48. The highest BCUT2D eigenvalue weighted by Gasteiger charge is 2.39. The quantitative estimate of drug-likeness (QED) is 0.00943. The summed E-state index contributed by atoms with van der Waals surface area (Å²) < 4.78 is 21.6. The molecule has 0 saturated carbocycles. The predicted molar refractivity (Wildman–Crippen MR) is 366 cm³/mol. The van der Waals surface area contributed by atoms with Crippen molar-refractivity contribution in [3.05, 3.63) is 100 Å². The molecular formula is C70H97N11O15. The van der Waals surface area contributed by atoms with E-state index in [1.54, 1.807) is 80.5 Å². The van der Waals surface area contributed by atoms with Crippen LogP contribution in [0.15, 0.2) is 66.7 Å². The molecule has 0 aliphatic carbocycles. The molecule has 5 aromatic rings. The van der Waals surface area contributed by atoms with Crippen LogP contribution in [0.1, 0.15) is 168 Å². The van der Waals surface area contributed by atoms with Gasteiger partial charge < -0.3 is 70.2 Å². The van der Waals surface area contributed by atoms with Crippen molar-refractivity contribution in [1.82, 2.24) is 45.9 Å². The van der Waals surface area contributed by atoms with Crippen molar-refractivity contribution in [1.29, 1.82) is 0 Å². The molecule has 2 unspecified atom stereocenters. The van der Waals surface area contributed by atoms with Crippen LogP contribution >= 0.6 is 0 Å². The number of methoxy groups -OCH3 is 1. The van der Waals surface area contributed by atoms with E-state index in [0.717, 1.165) is 46.2 Å². The molecule has 2 aromatic heterocycles. The third kappa shape index (κ3) is 21.5. The summed E-state index contributed by atoms with van der Waals surface area (Å²) in [4.78, 5) is 149. The number of imide groups is 1. The van der Waals surface area contributed by atoms with Gasteiger partial charge in [-0.15, -0.1) is 0 Å². The molecule has 0 radical (unpaired) electrons. The molecule has 2 aliphatic rings. The Bertz CT molecular complexity index is 3560. The Morgan fingerprint density at radius 1 is 0.760 bits per heavy atom. The van der Waals surface area contributed by atoms with Crippen LogP contribution in [-0.2, 0) is 49.6 Å². The maximum absolute atomic E-state index is 14.0. The van der Waals surface area contributed by atoms with E-state index in [-0.39, 0.29) is 105 Å². The van der Waals surface area contributed by atoms with Crippen LogP contribution in [0.5, 0.6) is 5.75 Å². The molecule has 2 aliphatic heterocycles. The number of carbonyl (C=O) groups is 11. The Labute approximate surface area is 561 Å². The van der Waals surface area contributed by atoms with Crippen LogP contribution in [-0.4, -0.2) is 182 Å². The summed E-state index contributed by atoms with van der Waals surface area (Å²) in [6.45, 7) is 21.7. The van der Waals surface area contributed by atoms with Crippen LogP contribution in [0.2, 0.25) is 0 Å². The number of carbonyl (C=O) groups excluding carboxylic acids is 11. The largest absolute Gasteiger partial charge is 0.465 e. The van der Waals surface area contributed by atoms with Gasteiger partial charge in [0.2, 0.25) is 23.6 Å². The number of ether oxygens (including phenoxy) is 4. The van der Waals surface area contributed by atoms with E-state index >= 15 is 0 Å². The highest BCUT2D eigenvalue weighted by molar-refractivity contribution is 6.16. The Balaban J connectivity index is 0.000000344. The molecule has 0 fully saturated rings. The molecule has 3 aromatic carbocycles. The van der Waals surface area contributed by atoms with Gasteiger partial charge in [0.05, 0.1) is 43.1 Å². The second-order valence-corrected chi connectivity index (χ2v) is 23.8. The average Bonchev–Trinajstić information content (AvgIpc) is 1.56. The monoisotopic (exact) mass is 1330 g/mol. The maximum Gasteiger partial charge on any atom is 0.415 e. The van der Waals surface area contributed by atoms with E-state index in [0.29, 0.717) is 83.8 Å². The molecule has 9 amide bonds. The molecule has 0 bridgehead atoms. The van der Waals surface area contributed by atoms with Crippen molar-refractivity contribution in [2.75, 3.05) is 90.4 Å². The zero-order chi connectivity index (χ0) is 70.8. The lowest BCUT2D eigenvalue weighted by molar-refractivity contribution is -0.137. The Kier molecular flexibility index (Phi) is 30.8. The number of nitrogens with one attached hydrogen (secondary N) is 7. The number of hydrogen-bond acceptors (Lipinski definition) is 16. The van der Waals surface area contributed by atoms with Crippen LogP contribution in [0, 0.1) is 12.8 Å². The first-order valence-electron chi connectivity index (χ1n) is 33.0. The third-order valence-corrected chi connectivity index (χ3v) is 16.1. The Morgan fingerprint density at radius 2 is 1.42 bits per heavy atom. The molecule has 96 heavy (non-hydrogen) atoms. The van der Waals surface area contributed by atoms with E-state index < -0.39 is 42.1 Å². The number of unbranched alkanes of at least 4 members (excludes halogenated alkanes) is 2. The lowest BCUT2D eigenvalue weighted by Crippen LogP contribution is -2.54. The lowest BCUT2D eigenvalue weighted by Gasteiger charge is -2.25. The van der Waals surface area contributed by atoms with Crippen LogP contribution < -0.4 is 36.2 Å². The minimum Gasteiger partial charge on any atom is -0.465 e. The summed E-state index contributed by atoms with van der Waals surface area (Å²) in [6, 6.07) is 14.3. The van der Waals surface area contributed by atoms with Crippen molar-refractivity contribution in [2.24, 2.45) is 5.92 Å². The first-order chi connectivity index (χ1) is 45.9. The standard InChI is InChI=1S/C37H57N7O9.C30H32N4O6.C3H8/c1-6-8-9-10-29(35(49)41-28-13-11-27(12-14-28)25-53-37(51)43(5)7-2)42-36(50)34(26(3)4)40-20-19-38-31(46)18-23-52-24-21-39-30(45)17-22-44-32(47)15-16-33(44)48;1-7-17-14-34(28(36)21-12-19-11-18(16(4)35)9-10-20(19)32-21)22-13-23(40-30(38)33(5)8-2)27-26(25(17)22)24(15(3)31-27)29(37)39-6;1-3-2/h11-16,26,29,34,40H,6-10,17-25H2,1-5H3,(H,38,46)(H,39,45)(H,41,49)(H,42,50);9-13,17,31-32H,7-8,14H2,1-6H3;3H2,1-2H3/t29?,34-;;/m0../s1. The van der Waals surface area contributed by atoms with Crippen LogP contribution in [0.3, 0.4) is 0 Å². The van der Waals surface area contributed by atoms with Crippen molar-refractivity contribution in [3.63, 3.8) is 0 Å². The third-order valence-electron chi connectivity index (χ3n) is 16.1. The summed E-state index contributed by atoms with van der Waals surface area (Å²) in [7, 11) is 4.60. The molecule has 26 heteroatoms. The maximum atomic E-state index is 14.0. The number of nitrogens with zero attached hydrogens (tertiary/aromatic N) is 4.